The van der Waals surface area contributed by atoms with Crippen LogP contribution in [-0.4, -0.2) is 10.7 Å². The Bertz CT molecular complexity index is 487. The molecule has 0 aliphatic heterocycles. The van der Waals surface area contributed by atoms with E-state index in [-0.39, 0.29) is 0 Å². The van der Waals surface area contributed by atoms with Crippen LogP contribution in [-0.2, 0) is 0 Å². The molecule has 1 nitrogen and oxygen atoms in total. The van der Waals surface area contributed by atoms with E-state index in [2.05, 4.69) is 47.7 Å². The Balaban J connectivity index is 2.31. The van der Waals surface area contributed by atoms with Crippen LogP contribution in [0.15, 0.2) is 30.5 Å². The van der Waals surface area contributed by atoms with E-state index in [9.17, 15) is 0 Å². The number of aromatic amines is 1. The molecule has 0 atom stereocenters. The first-order chi connectivity index (χ1) is 6.90. The van der Waals surface area contributed by atoms with Gasteiger partial charge in [-0.3, -0.25) is 0 Å². The van der Waals surface area contributed by atoms with Crippen LogP contribution in [0.25, 0.3) is 10.9 Å². The van der Waals surface area contributed by atoms with E-state index in [1.54, 1.807) is 0 Å². The highest BCUT2D eigenvalue weighted by molar-refractivity contribution is 7.80. The van der Waals surface area contributed by atoms with Gasteiger partial charge in [-0.15, -0.1) is 0 Å². The third kappa shape index (κ3) is 1.94. The SMILES string of the molecule is SCCC#Cc1ccc2[nH]ccc2c1. The molecule has 1 aromatic carbocycles. The van der Waals surface area contributed by atoms with Gasteiger partial charge in [0.2, 0.25) is 0 Å². The first kappa shape index (κ1) is 9.23. The van der Waals surface area contributed by atoms with Crippen molar-refractivity contribution in [2.24, 2.45) is 0 Å². The van der Waals surface area contributed by atoms with E-state index in [1.165, 1.54) is 5.39 Å². The fraction of sp³-hybridized carbons (Fsp3) is 0.167. The predicted octanol–water partition coefficient (Wildman–Crippen LogP) is 2.84. The van der Waals surface area contributed by atoms with E-state index < -0.39 is 0 Å². The minimum absolute atomic E-state index is 0.819. The van der Waals surface area contributed by atoms with Gasteiger partial charge in [0.15, 0.2) is 0 Å². The summed E-state index contributed by atoms with van der Waals surface area (Å²) in [6.07, 6.45) is 2.78. The van der Waals surface area contributed by atoms with E-state index in [0.29, 0.717) is 0 Å². The second-order valence-electron chi connectivity index (χ2n) is 3.06. The van der Waals surface area contributed by atoms with Gasteiger partial charge in [0.05, 0.1) is 0 Å². The maximum absolute atomic E-state index is 4.11. The van der Waals surface area contributed by atoms with Crippen molar-refractivity contribution in [3.8, 4) is 11.8 Å². The Morgan fingerprint density at radius 1 is 1.29 bits per heavy atom. The Morgan fingerprint density at radius 3 is 3.07 bits per heavy atom. The molecule has 0 fully saturated rings. The van der Waals surface area contributed by atoms with E-state index in [4.69, 9.17) is 0 Å². The van der Waals surface area contributed by atoms with Crippen LogP contribution in [0.2, 0.25) is 0 Å². The monoisotopic (exact) mass is 201 g/mol. The van der Waals surface area contributed by atoms with Crippen molar-refractivity contribution < 1.29 is 0 Å². The first-order valence-corrected chi connectivity index (χ1v) is 5.20. The summed E-state index contributed by atoms with van der Waals surface area (Å²) in [7, 11) is 0. The maximum Gasteiger partial charge on any atom is 0.0454 e. The number of fused-ring (bicyclic) bond motifs is 1. The standard InChI is InChI=1S/C12H11NS/c14-8-2-1-3-10-4-5-12-11(9-10)6-7-13-12/h4-7,9,13-14H,2,8H2. The molecule has 0 saturated carbocycles. The molecule has 0 unspecified atom stereocenters. The molecule has 0 radical (unpaired) electrons. The second-order valence-corrected chi connectivity index (χ2v) is 3.50. The van der Waals surface area contributed by atoms with Crippen LogP contribution >= 0.6 is 12.6 Å². The number of aromatic nitrogens is 1. The molecular weight excluding hydrogens is 190 g/mol. The minimum atomic E-state index is 0.819. The number of H-pyrrole nitrogens is 1. The normalized spacial score (nSPS) is 9.79. The second kappa shape index (κ2) is 4.26. The molecule has 70 valence electrons. The molecule has 2 heteroatoms. The highest BCUT2D eigenvalue weighted by atomic mass is 32.1. The lowest BCUT2D eigenvalue weighted by Gasteiger charge is -1.91. The smallest absolute Gasteiger partial charge is 0.0454 e. The van der Waals surface area contributed by atoms with Gasteiger partial charge >= 0.3 is 0 Å². The molecule has 1 N–H and O–H groups in total. The van der Waals surface area contributed by atoms with Crippen molar-refractivity contribution in [1.82, 2.24) is 4.98 Å². The summed E-state index contributed by atoms with van der Waals surface area (Å²) in [6.45, 7) is 0. The molecule has 2 rings (SSSR count). The number of benzene rings is 1. The molecule has 1 heterocycles. The Labute approximate surface area is 88.9 Å². The van der Waals surface area contributed by atoms with Crippen molar-refractivity contribution in [2.45, 2.75) is 6.42 Å². The lowest BCUT2D eigenvalue weighted by molar-refractivity contribution is 1.31. The summed E-state index contributed by atoms with van der Waals surface area (Å²) in [5, 5.41) is 1.21. The molecule has 1 aromatic heterocycles. The Hall–Kier alpha value is -1.33. The summed E-state index contributed by atoms with van der Waals surface area (Å²) in [4.78, 5) is 3.15. The third-order valence-corrected chi connectivity index (χ3v) is 2.25. The summed E-state index contributed by atoms with van der Waals surface area (Å²) in [5.41, 5.74) is 2.23. The molecular formula is C12H11NS. The molecule has 14 heavy (non-hydrogen) atoms. The number of nitrogens with one attached hydrogen (secondary N) is 1. The average molecular weight is 201 g/mol. The summed E-state index contributed by atoms with van der Waals surface area (Å²) < 4.78 is 0. The molecule has 0 aliphatic rings. The van der Waals surface area contributed by atoms with Crippen molar-refractivity contribution in [3.63, 3.8) is 0 Å². The Morgan fingerprint density at radius 2 is 2.21 bits per heavy atom. The zero-order valence-corrected chi connectivity index (χ0v) is 8.64. The fourth-order valence-electron chi connectivity index (χ4n) is 1.35. The quantitative estimate of drug-likeness (QED) is 0.521. The van der Waals surface area contributed by atoms with Crippen LogP contribution in [0.5, 0.6) is 0 Å². The van der Waals surface area contributed by atoms with Crippen LogP contribution in [0.3, 0.4) is 0 Å². The van der Waals surface area contributed by atoms with Gasteiger partial charge in [-0.25, -0.2) is 0 Å². The predicted molar refractivity (Wildman–Crippen MR) is 63.6 cm³/mol. The molecule has 2 aromatic rings. The van der Waals surface area contributed by atoms with Gasteiger partial charge in [0.1, 0.15) is 0 Å². The van der Waals surface area contributed by atoms with E-state index in [1.807, 2.05) is 12.3 Å². The Kier molecular flexibility index (Phi) is 2.81. The van der Waals surface area contributed by atoms with Crippen molar-refractivity contribution >= 4 is 23.5 Å². The largest absolute Gasteiger partial charge is 0.361 e. The third-order valence-electron chi connectivity index (χ3n) is 2.02. The lowest BCUT2D eigenvalue weighted by atomic mass is 10.1. The first-order valence-electron chi connectivity index (χ1n) is 4.57. The molecule has 0 spiro atoms. The zero-order valence-electron chi connectivity index (χ0n) is 7.75. The van der Waals surface area contributed by atoms with E-state index in [0.717, 1.165) is 23.3 Å². The van der Waals surface area contributed by atoms with Gasteiger partial charge in [-0.2, -0.15) is 12.6 Å². The summed E-state index contributed by atoms with van der Waals surface area (Å²) >= 11 is 4.11. The number of thiol groups is 1. The summed E-state index contributed by atoms with van der Waals surface area (Å²) in [5.74, 6) is 7.01. The molecule has 0 aliphatic carbocycles. The van der Waals surface area contributed by atoms with Crippen LogP contribution in [0.4, 0.5) is 0 Å². The highest BCUT2D eigenvalue weighted by Gasteiger charge is 1.93. The number of rotatable bonds is 1. The average Bonchev–Trinajstić information content (AvgIpc) is 2.65. The molecule has 0 saturated heterocycles. The topological polar surface area (TPSA) is 15.8 Å². The maximum atomic E-state index is 4.11. The van der Waals surface area contributed by atoms with Gasteiger partial charge in [0, 0.05) is 34.8 Å². The van der Waals surface area contributed by atoms with Gasteiger partial charge in [-0.05, 0) is 24.3 Å². The lowest BCUT2D eigenvalue weighted by Crippen LogP contribution is -1.75. The minimum Gasteiger partial charge on any atom is -0.361 e. The number of hydrogen-bond acceptors (Lipinski definition) is 1. The van der Waals surface area contributed by atoms with Gasteiger partial charge in [0.25, 0.3) is 0 Å². The number of hydrogen-bond donors (Lipinski definition) is 2. The zero-order chi connectivity index (χ0) is 9.80. The van der Waals surface area contributed by atoms with Crippen molar-refractivity contribution in [2.75, 3.05) is 5.75 Å². The molecule has 0 bridgehead atoms. The summed E-state index contributed by atoms with van der Waals surface area (Å²) in [6, 6.07) is 8.24. The molecule has 0 amide bonds. The van der Waals surface area contributed by atoms with Crippen molar-refractivity contribution in [3.05, 3.63) is 36.0 Å². The van der Waals surface area contributed by atoms with E-state index >= 15 is 0 Å². The van der Waals surface area contributed by atoms with Crippen LogP contribution < -0.4 is 0 Å². The fourth-order valence-corrected chi connectivity index (χ4v) is 1.46. The highest BCUT2D eigenvalue weighted by Crippen LogP contribution is 2.13. The van der Waals surface area contributed by atoms with Crippen LogP contribution in [0, 0.1) is 11.8 Å². The van der Waals surface area contributed by atoms with Crippen molar-refractivity contribution in [1.29, 1.82) is 0 Å². The van der Waals surface area contributed by atoms with Gasteiger partial charge < -0.3 is 4.98 Å². The van der Waals surface area contributed by atoms with Crippen LogP contribution in [0.1, 0.15) is 12.0 Å². The van der Waals surface area contributed by atoms with Gasteiger partial charge in [-0.1, -0.05) is 11.8 Å².